The number of rotatable bonds is 4. The summed E-state index contributed by atoms with van der Waals surface area (Å²) in [7, 11) is 0. The molecule has 2 aromatic carbocycles. The number of ether oxygens (including phenoxy) is 2. The Morgan fingerprint density at radius 1 is 1.10 bits per heavy atom. The number of hydrogen-bond acceptors (Lipinski definition) is 3. The Bertz CT molecular complexity index is 1120. The zero-order valence-corrected chi connectivity index (χ0v) is 17.5. The molecule has 2 N–H and O–H groups in total. The molecule has 1 aromatic heterocycles. The molecule has 1 aliphatic rings. The second-order valence-corrected chi connectivity index (χ2v) is 8.30. The predicted octanol–water partition coefficient (Wildman–Crippen LogP) is 6.18. The molecule has 0 atom stereocenters. The highest BCUT2D eigenvalue weighted by molar-refractivity contribution is 6.01. The maximum atomic E-state index is 12.3. The molecular weight excluding hydrogens is 376 g/mol. The molecule has 1 aliphatic carbocycles. The molecule has 5 heteroatoms. The van der Waals surface area contributed by atoms with E-state index in [1.807, 2.05) is 75.4 Å². The normalized spacial score (nSPS) is 13.4. The maximum Gasteiger partial charge on any atom is 0.412 e. The van der Waals surface area contributed by atoms with Crippen LogP contribution in [0, 0.1) is 0 Å². The van der Waals surface area contributed by atoms with E-state index in [2.05, 4.69) is 22.4 Å². The van der Waals surface area contributed by atoms with Crippen molar-refractivity contribution in [2.24, 2.45) is 0 Å². The summed E-state index contributed by atoms with van der Waals surface area (Å²) in [5.41, 5.74) is 4.30. The quantitative estimate of drug-likeness (QED) is 0.547. The van der Waals surface area contributed by atoms with Crippen LogP contribution in [0.1, 0.15) is 37.6 Å². The fourth-order valence-corrected chi connectivity index (χ4v) is 3.47. The molecular formula is C25H26N2O3. The third-order valence-corrected chi connectivity index (χ3v) is 4.75. The molecule has 1 heterocycles. The van der Waals surface area contributed by atoms with Gasteiger partial charge >= 0.3 is 6.09 Å². The summed E-state index contributed by atoms with van der Waals surface area (Å²) in [6, 6.07) is 16.0. The highest BCUT2D eigenvalue weighted by Gasteiger charge is 2.19. The van der Waals surface area contributed by atoms with E-state index in [4.69, 9.17) is 9.47 Å². The van der Waals surface area contributed by atoms with Crippen molar-refractivity contribution < 1.29 is 14.3 Å². The molecule has 5 nitrogen and oxygen atoms in total. The van der Waals surface area contributed by atoms with Crippen molar-refractivity contribution in [3.63, 3.8) is 0 Å². The van der Waals surface area contributed by atoms with Crippen molar-refractivity contribution >= 4 is 28.8 Å². The van der Waals surface area contributed by atoms with Crippen molar-refractivity contribution in [2.75, 3.05) is 5.32 Å². The van der Waals surface area contributed by atoms with Gasteiger partial charge in [0.2, 0.25) is 0 Å². The molecule has 0 saturated heterocycles. The second-order valence-electron chi connectivity index (χ2n) is 8.30. The van der Waals surface area contributed by atoms with Crippen LogP contribution in [0.5, 0.6) is 0 Å². The Balaban J connectivity index is 1.60. The Morgan fingerprint density at radius 2 is 1.90 bits per heavy atom. The van der Waals surface area contributed by atoms with E-state index in [-0.39, 0.29) is 0 Å². The molecule has 1 amide bonds. The molecule has 0 unspecified atom stereocenters. The SMILES string of the molecule is CC(C)(C)OC(=O)Nc1cccc2c3c([nH]c12)C=C(OCc1ccccc1)C=CC3. The van der Waals surface area contributed by atoms with Crippen LogP contribution in [-0.2, 0) is 22.5 Å². The monoisotopic (exact) mass is 402 g/mol. The van der Waals surface area contributed by atoms with Gasteiger partial charge < -0.3 is 14.5 Å². The highest BCUT2D eigenvalue weighted by Crippen LogP contribution is 2.32. The van der Waals surface area contributed by atoms with Crippen molar-refractivity contribution in [1.29, 1.82) is 0 Å². The minimum atomic E-state index is -0.552. The Kier molecular flexibility index (Phi) is 5.36. The van der Waals surface area contributed by atoms with E-state index in [1.54, 1.807) is 0 Å². The van der Waals surface area contributed by atoms with E-state index in [9.17, 15) is 4.79 Å². The summed E-state index contributed by atoms with van der Waals surface area (Å²) in [6.45, 7) is 6.05. The van der Waals surface area contributed by atoms with Gasteiger partial charge in [-0.25, -0.2) is 4.79 Å². The van der Waals surface area contributed by atoms with Crippen LogP contribution in [0.15, 0.2) is 66.4 Å². The molecule has 0 spiro atoms. The van der Waals surface area contributed by atoms with Gasteiger partial charge in [-0.2, -0.15) is 0 Å². The summed E-state index contributed by atoms with van der Waals surface area (Å²) < 4.78 is 11.4. The number of aromatic nitrogens is 1. The van der Waals surface area contributed by atoms with Gasteiger partial charge in [0.15, 0.2) is 0 Å². The fraction of sp³-hybridized carbons (Fsp3) is 0.240. The molecule has 30 heavy (non-hydrogen) atoms. The second kappa shape index (κ2) is 8.11. The van der Waals surface area contributed by atoms with Gasteiger partial charge in [-0.15, -0.1) is 0 Å². The fourth-order valence-electron chi connectivity index (χ4n) is 3.47. The maximum absolute atomic E-state index is 12.3. The molecule has 0 radical (unpaired) electrons. The summed E-state index contributed by atoms with van der Waals surface area (Å²) >= 11 is 0. The van der Waals surface area contributed by atoms with Crippen LogP contribution in [0.25, 0.3) is 17.0 Å². The van der Waals surface area contributed by atoms with Crippen molar-refractivity contribution in [1.82, 2.24) is 4.98 Å². The first-order chi connectivity index (χ1) is 14.4. The molecule has 4 rings (SSSR count). The first-order valence-electron chi connectivity index (χ1n) is 10.1. The number of anilines is 1. The third-order valence-electron chi connectivity index (χ3n) is 4.75. The standard InChI is InChI=1S/C25H26N2O3/c1-25(2,3)30-24(28)27-21-14-8-13-20-19-12-7-11-18(15-22(19)26-23(20)21)29-16-17-9-5-4-6-10-17/h4-11,13-15,26H,12,16H2,1-3H3,(H,27,28). The van der Waals surface area contributed by atoms with E-state index < -0.39 is 11.7 Å². The van der Waals surface area contributed by atoms with Gasteiger partial charge in [0.1, 0.15) is 18.0 Å². The molecule has 154 valence electrons. The Morgan fingerprint density at radius 3 is 2.67 bits per heavy atom. The predicted molar refractivity (Wildman–Crippen MR) is 120 cm³/mol. The van der Waals surface area contributed by atoms with E-state index in [0.29, 0.717) is 12.3 Å². The summed E-state index contributed by atoms with van der Waals surface area (Å²) in [5.74, 6) is 0.797. The van der Waals surface area contributed by atoms with Gasteiger partial charge in [0.05, 0.1) is 11.2 Å². The first kappa shape index (κ1) is 19.8. The zero-order chi connectivity index (χ0) is 21.1. The lowest BCUT2D eigenvalue weighted by Gasteiger charge is -2.19. The lowest BCUT2D eigenvalue weighted by Crippen LogP contribution is -2.27. The number of amides is 1. The average Bonchev–Trinajstić information content (AvgIpc) is 2.91. The summed E-state index contributed by atoms with van der Waals surface area (Å²) in [4.78, 5) is 15.7. The van der Waals surface area contributed by atoms with Gasteiger partial charge in [0, 0.05) is 17.2 Å². The number of benzene rings is 2. The lowest BCUT2D eigenvalue weighted by molar-refractivity contribution is 0.0636. The molecule has 0 saturated carbocycles. The topological polar surface area (TPSA) is 63.3 Å². The van der Waals surface area contributed by atoms with Crippen LogP contribution >= 0.6 is 0 Å². The zero-order valence-electron chi connectivity index (χ0n) is 17.5. The van der Waals surface area contributed by atoms with Gasteiger partial charge in [-0.1, -0.05) is 48.5 Å². The third kappa shape index (κ3) is 4.57. The number of hydrogen-bond donors (Lipinski definition) is 2. The molecule has 0 aliphatic heterocycles. The minimum absolute atomic E-state index is 0.470. The molecule has 3 aromatic rings. The van der Waals surface area contributed by atoms with Crippen molar-refractivity contribution in [2.45, 2.75) is 39.4 Å². The first-order valence-corrected chi connectivity index (χ1v) is 10.1. The van der Waals surface area contributed by atoms with Crippen LogP contribution in [0.2, 0.25) is 0 Å². The van der Waals surface area contributed by atoms with E-state index in [0.717, 1.165) is 34.3 Å². The smallest absolute Gasteiger partial charge is 0.412 e. The van der Waals surface area contributed by atoms with Crippen molar-refractivity contribution in [3.8, 4) is 0 Å². The number of fused-ring (bicyclic) bond motifs is 3. The lowest BCUT2D eigenvalue weighted by atomic mass is 10.1. The van der Waals surface area contributed by atoms with Crippen LogP contribution in [0.4, 0.5) is 10.5 Å². The summed E-state index contributed by atoms with van der Waals surface area (Å²) in [5, 5.41) is 3.93. The number of allylic oxidation sites excluding steroid dienone is 2. The highest BCUT2D eigenvalue weighted by atomic mass is 16.6. The average molecular weight is 402 g/mol. The van der Waals surface area contributed by atoms with E-state index in [1.165, 1.54) is 5.56 Å². The molecule has 0 fully saturated rings. The summed E-state index contributed by atoms with van der Waals surface area (Å²) in [6.07, 6.45) is 6.43. The number of H-pyrrole nitrogens is 1. The minimum Gasteiger partial charge on any atom is -0.489 e. The largest absolute Gasteiger partial charge is 0.489 e. The van der Waals surface area contributed by atoms with Crippen LogP contribution < -0.4 is 5.32 Å². The Labute approximate surface area is 176 Å². The van der Waals surface area contributed by atoms with Crippen molar-refractivity contribution in [3.05, 3.63) is 83.3 Å². The van der Waals surface area contributed by atoms with Crippen LogP contribution in [0.3, 0.4) is 0 Å². The number of carbonyl (C=O) groups excluding carboxylic acids is 1. The number of carbonyl (C=O) groups is 1. The van der Waals surface area contributed by atoms with Crippen LogP contribution in [-0.4, -0.2) is 16.7 Å². The van der Waals surface area contributed by atoms with E-state index >= 15 is 0 Å². The number of aromatic amines is 1. The number of para-hydroxylation sites is 1. The number of nitrogens with one attached hydrogen (secondary N) is 2. The van der Waals surface area contributed by atoms with Gasteiger partial charge in [-0.05, 0) is 50.5 Å². The van der Waals surface area contributed by atoms with Gasteiger partial charge in [-0.3, -0.25) is 5.32 Å². The van der Waals surface area contributed by atoms with Gasteiger partial charge in [0.25, 0.3) is 0 Å². The Hall–Kier alpha value is -3.47. The molecule has 0 bridgehead atoms.